The van der Waals surface area contributed by atoms with Crippen LogP contribution in [0.2, 0.25) is 5.02 Å². The molecule has 0 radical (unpaired) electrons. The lowest BCUT2D eigenvalue weighted by Crippen LogP contribution is -2.28. The zero-order chi connectivity index (χ0) is 12.2. The van der Waals surface area contributed by atoms with Gasteiger partial charge in [-0.2, -0.15) is 0 Å². The molecule has 17 heavy (non-hydrogen) atoms. The summed E-state index contributed by atoms with van der Waals surface area (Å²) in [6.45, 7) is 3.98. The first-order chi connectivity index (χ1) is 7.95. The quantitative estimate of drug-likeness (QED) is 0.730. The number of halogens is 1. The summed E-state index contributed by atoms with van der Waals surface area (Å²) in [5.74, 6) is 0. The Balaban J connectivity index is 2.13. The number of nitrogens with zero attached hydrogens (tertiary/aromatic N) is 1. The molecule has 4 heteroatoms. The molecule has 1 aliphatic rings. The molecule has 1 aromatic heterocycles. The molecule has 3 rings (SSSR count). The van der Waals surface area contributed by atoms with Crippen LogP contribution in [0.1, 0.15) is 29.3 Å². The minimum Gasteiger partial charge on any atom is -0.320 e. The van der Waals surface area contributed by atoms with Crippen molar-refractivity contribution in [1.29, 1.82) is 0 Å². The molecular weight excluding hydrogens is 252 g/mol. The van der Waals surface area contributed by atoms with Crippen LogP contribution in [-0.2, 0) is 12.0 Å². The Hall–Kier alpha value is -0.900. The van der Waals surface area contributed by atoms with Gasteiger partial charge in [0.1, 0.15) is 5.01 Å². The molecule has 0 unspecified atom stereocenters. The first-order valence-corrected chi connectivity index (χ1v) is 6.72. The fourth-order valence-corrected chi connectivity index (χ4v) is 3.38. The minimum atomic E-state index is -0.360. The maximum absolute atomic E-state index is 6.09. The molecule has 2 aromatic rings. The van der Waals surface area contributed by atoms with Gasteiger partial charge in [0.25, 0.3) is 0 Å². The average molecular weight is 265 g/mol. The highest BCUT2D eigenvalue weighted by atomic mass is 35.5. The summed E-state index contributed by atoms with van der Waals surface area (Å²) in [5.41, 5.74) is 9.30. The maximum atomic E-state index is 6.09. The standard InChI is InChI=1S/C13H13ClN2S/c1-13(2,15)12-16-11-9-4-3-8(14)5-7(9)6-10(11)17-12/h3-5H,6,15H2,1-2H3. The van der Waals surface area contributed by atoms with Crippen molar-refractivity contribution in [3.8, 4) is 11.3 Å². The van der Waals surface area contributed by atoms with Crippen molar-refractivity contribution in [3.05, 3.63) is 38.7 Å². The van der Waals surface area contributed by atoms with E-state index in [4.69, 9.17) is 17.3 Å². The first-order valence-electron chi connectivity index (χ1n) is 5.53. The van der Waals surface area contributed by atoms with Gasteiger partial charge in [0, 0.05) is 21.9 Å². The average Bonchev–Trinajstić information content (AvgIpc) is 2.72. The van der Waals surface area contributed by atoms with Crippen molar-refractivity contribution in [1.82, 2.24) is 4.98 Å². The fraction of sp³-hybridized carbons (Fsp3) is 0.308. The van der Waals surface area contributed by atoms with Crippen LogP contribution in [0.4, 0.5) is 0 Å². The molecule has 0 spiro atoms. The van der Waals surface area contributed by atoms with E-state index in [0.29, 0.717) is 0 Å². The second-order valence-corrected chi connectivity index (χ2v) is 6.51. The highest BCUT2D eigenvalue weighted by molar-refractivity contribution is 7.12. The molecule has 2 nitrogen and oxygen atoms in total. The molecule has 88 valence electrons. The predicted octanol–water partition coefficient (Wildman–Crippen LogP) is 3.56. The third-order valence-corrected chi connectivity index (χ3v) is 4.55. The van der Waals surface area contributed by atoms with Crippen LogP contribution in [0, 0.1) is 0 Å². The Bertz CT molecular complexity index is 596. The third-order valence-electron chi connectivity index (χ3n) is 2.92. The minimum absolute atomic E-state index is 0.360. The summed E-state index contributed by atoms with van der Waals surface area (Å²) in [6.07, 6.45) is 0.930. The predicted molar refractivity (Wildman–Crippen MR) is 72.6 cm³/mol. The van der Waals surface area contributed by atoms with Gasteiger partial charge in [0.05, 0.1) is 11.2 Å². The SMILES string of the molecule is CC(C)(N)c1nc2c(s1)Cc1cc(Cl)ccc1-2. The van der Waals surface area contributed by atoms with E-state index in [0.717, 1.165) is 22.1 Å². The van der Waals surface area contributed by atoms with Gasteiger partial charge in [0.15, 0.2) is 0 Å². The summed E-state index contributed by atoms with van der Waals surface area (Å²) in [7, 11) is 0. The van der Waals surface area contributed by atoms with Crippen LogP contribution in [-0.4, -0.2) is 4.98 Å². The Kier molecular flexibility index (Phi) is 2.34. The first kappa shape index (κ1) is 11.2. The van der Waals surface area contributed by atoms with Gasteiger partial charge >= 0.3 is 0 Å². The molecule has 1 aliphatic carbocycles. The maximum Gasteiger partial charge on any atom is 0.113 e. The van der Waals surface area contributed by atoms with Crippen LogP contribution in [0.25, 0.3) is 11.3 Å². The van der Waals surface area contributed by atoms with Gasteiger partial charge in [-0.1, -0.05) is 17.7 Å². The zero-order valence-electron chi connectivity index (χ0n) is 9.75. The molecule has 2 N–H and O–H groups in total. The lowest BCUT2D eigenvalue weighted by atomic mass is 10.1. The van der Waals surface area contributed by atoms with Crippen LogP contribution in [0.5, 0.6) is 0 Å². The van der Waals surface area contributed by atoms with E-state index < -0.39 is 0 Å². The van der Waals surface area contributed by atoms with Gasteiger partial charge in [-0.3, -0.25) is 0 Å². The van der Waals surface area contributed by atoms with Gasteiger partial charge in [-0.25, -0.2) is 4.98 Å². The van der Waals surface area contributed by atoms with Crippen LogP contribution < -0.4 is 5.73 Å². The largest absolute Gasteiger partial charge is 0.320 e. The van der Waals surface area contributed by atoms with Crippen LogP contribution in [0.3, 0.4) is 0 Å². The number of hydrogen-bond acceptors (Lipinski definition) is 3. The molecule has 0 bridgehead atoms. The molecule has 0 saturated carbocycles. The van der Waals surface area contributed by atoms with E-state index in [1.807, 2.05) is 26.0 Å². The monoisotopic (exact) mass is 264 g/mol. The molecule has 0 atom stereocenters. The Morgan fingerprint density at radius 2 is 2.18 bits per heavy atom. The summed E-state index contributed by atoms with van der Waals surface area (Å²) in [4.78, 5) is 5.99. The van der Waals surface area contributed by atoms with Crippen molar-refractivity contribution in [3.63, 3.8) is 0 Å². The van der Waals surface area contributed by atoms with Gasteiger partial charge in [-0.05, 0) is 31.5 Å². The van der Waals surface area contributed by atoms with Gasteiger partial charge in [0.2, 0.25) is 0 Å². The summed E-state index contributed by atoms with van der Waals surface area (Å²) >= 11 is 7.71. The van der Waals surface area contributed by atoms with E-state index in [-0.39, 0.29) is 5.54 Å². The molecule has 0 saturated heterocycles. The second-order valence-electron chi connectivity index (χ2n) is 4.99. The number of rotatable bonds is 1. The van der Waals surface area contributed by atoms with E-state index in [9.17, 15) is 0 Å². The van der Waals surface area contributed by atoms with E-state index >= 15 is 0 Å². The number of nitrogens with two attached hydrogens (primary N) is 1. The van der Waals surface area contributed by atoms with E-state index in [1.54, 1.807) is 11.3 Å². The van der Waals surface area contributed by atoms with E-state index in [2.05, 4.69) is 11.1 Å². The summed E-state index contributed by atoms with van der Waals surface area (Å²) in [6, 6.07) is 6.00. The van der Waals surface area contributed by atoms with Crippen molar-refractivity contribution in [2.24, 2.45) is 5.73 Å². The number of benzene rings is 1. The van der Waals surface area contributed by atoms with E-state index in [1.165, 1.54) is 16.0 Å². The van der Waals surface area contributed by atoms with Crippen molar-refractivity contribution < 1.29 is 0 Å². The fourth-order valence-electron chi connectivity index (χ4n) is 2.07. The number of hydrogen-bond donors (Lipinski definition) is 1. The number of fused-ring (bicyclic) bond motifs is 3. The smallest absolute Gasteiger partial charge is 0.113 e. The Labute approximate surface area is 109 Å². The van der Waals surface area contributed by atoms with Crippen LogP contribution >= 0.6 is 22.9 Å². The summed E-state index contributed by atoms with van der Waals surface area (Å²) in [5, 5.41) is 1.79. The molecule has 1 aromatic carbocycles. The van der Waals surface area contributed by atoms with Crippen molar-refractivity contribution in [2.75, 3.05) is 0 Å². The molecule has 0 amide bonds. The molecule has 0 aliphatic heterocycles. The number of thiazole rings is 1. The third kappa shape index (κ3) is 1.79. The lowest BCUT2D eigenvalue weighted by molar-refractivity contribution is 0.551. The second kappa shape index (κ2) is 3.55. The zero-order valence-corrected chi connectivity index (χ0v) is 11.3. The normalized spacial score (nSPS) is 13.6. The van der Waals surface area contributed by atoms with Gasteiger partial charge < -0.3 is 5.73 Å². The van der Waals surface area contributed by atoms with Crippen LogP contribution in [0.15, 0.2) is 18.2 Å². The lowest BCUT2D eigenvalue weighted by Gasteiger charge is -2.14. The highest BCUT2D eigenvalue weighted by Crippen LogP contribution is 2.41. The summed E-state index contributed by atoms with van der Waals surface area (Å²) < 4.78 is 0. The molecule has 0 fully saturated rings. The molecule has 1 heterocycles. The van der Waals surface area contributed by atoms with Gasteiger partial charge in [-0.15, -0.1) is 11.3 Å². The number of aromatic nitrogens is 1. The van der Waals surface area contributed by atoms with Crippen molar-refractivity contribution in [2.45, 2.75) is 25.8 Å². The Morgan fingerprint density at radius 1 is 1.41 bits per heavy atom. The van der Waals surface area contributed by atoms with Crippen molar-refractivity contribution >= 4 is 22.9 Å². The topological polar surface area (TPSA) is 38.9 Å². The highest BCUT2D eigenvalue weighted by Gasteiger charge is 2.27. The Morgan fingerprint density at radius 3 is 2.88 bits per heavy atom. The molecular formula is C13H13ClN2S.